The second-order valence-corrected chi connectivity index (χ2v) is 8.12. The number of benzene rings is 2. The highest BCUT2D eigenvalue weighted by molar-refractivity contribution is 8.18. The molecule has 0 atom stereocenters. The number of aryl methyl sites for hydroxylation is 1. The molecule has 146 valence electrons. The Kier molecular flexibility index (Phi) is 5.41. The Balaban J connectivity index is 1.60. The average molecular weight is 445 g/mol. The van der Waals surface area contributed by atoms with Gasteiger partial charge < -0.3 is 14.8 Å². The van der Waals surface area contributed by atoms with Crippen molar-refractivity contribution in [3.05, 3.63) is 74.8 Å². The predicted octanol–water partition coefficient (Wildman–Crippen LogP) is 6.16. The Labute approximate surface area is 181 Å². The van der Waals surface area contributed by atoms with Crippen molar-refractivity contribution in [2.45, 2.75) is 6.92 Å². The normalized spacial score (nSPS) is 16.6. The van der Waals surface area contributed by atoms with Crippen LogP contribution in [0.1, 0.15) is 11.3 Å². The molecule has 8 heteroatoms. The monoisotopic (exact) mass is 444 g/mol. The number of carbonyl (C=O) groups excluding carboxylic acids is 1. The number of carbonyl (C=O) groups is 1. The summed E-state index contributed by atoms with van der Waals surface area (Å²) in [6.07, 6.45) is 1.63. The van der Waals surface area contributed by atoms with Gasteiger partial charge in [0, 0.05) is 16.7 Å². The molecule has 0 spiro atoms. The van der Waals surface area contributed by atoms with Gasteiger partial charge in [0.25, 0.3) is 5.91 Å². The number of furan rings is 1. The molecule has 1 aliphatic heterocycles. The van der Waals surface area contributed by atoms with Gasteiger partial charge >= 0.3 is 0 Å². The van der Waals surface area contributed by atoms with Crippen LogP contribution in [0.15, 0.2) is 62.8 Å². The van der Waals surface area contributed by atoms with Gasteiger partial charge in [-0.15, -0.1) is 0 Å². The fourth-order valence-corrected chi connectivity index (χ4v) is 3.95. The Hall–Kier alpha value is -2.67. The van der Waals surface area contributed by atoms with Gasteiger partial charge in [0.05, 0.1) is 9.93 Å². The molecule has 3 aromatic rings. The predicted molar refractivity (Wildman–Crippen MR) is 118 cm³/mol. The van der Waals surface area contributed by atoms with E-state index in [1.165, 1.54) is 11.8 Å². The van der Waals surface area contributed by atoms with Crippen LogP contribution in [0.5, 0.6) is 5.75 Å². The molecule has 2 heterocycles. The zero-order valence-electron chi connectivity index (χ0n) is 15.1. The maximum Gasteiger partial charge on any atom is 0.264 e. The first-order valence-electron chi connectivity index (χ1n) is 8.54. The van der Waals surface area contributed by atoms with Gasteiger partial charge in [-0.2, -0.15) is 0 Å². The fourth-order valence-electron chi connectivity index (χ4n) is 2.76. The van der Waals surface area contributed by atoms with Gasteiger partial charge in [0.2, 0.25) is 0 Å². The van der Waals surface area contributed by atoms with Crippen LogP contribution < -0.4 is 5.32 Å². The van der Waals surface area contributed by atoms with E-state index in [0.29, 0.717) is 42.9 Å². The summed E-state index contributed by atoms with van der Waals surface area (Å²) in [6, 6.07) is 13.8. The molecule has 0 saturated carbocycles. The van der Waals surface area contributed by atoms with E-state index in [9.17, 15) is 9.90 Å². The van der Waals surface area contributed by atoms with Crippen LogP contribution in [0.3, 0.4) is 0 Å². The average Bonchev–Trinajstić information content (AvgIpc) is 3.27. The summed E-state index contributed by atoms with van der Waals surface area (Å²) >= 11 is 13.4. The minimum atomic E-state index is -0.291. The van der Waals surface area contributed by atoms with E-state index in [4.69, 9.17) is 27.6 Å². The first-order valence-corrected chi connectivity index (χ1v) is 10.1. The van der Waals surface area contributed by atoms with Gasteiger partial charge in [-0.25, -0.2) is 4.99 Å². The lowest BCUT2D eigenvalue weighted by Crippen LogP contribution is -2.19. The van der Waals surface area contributed by atoms with E-state index < -0.39 is 0 Å². The summed E-state index contributed by atoms with van der Waals surface area (Å²) in [5, 5.41) is 14.1. The molecule has 5 nitrogen and oxygen atoms in total. The molecular weight excluding hydrogens is 431 g/mol. The van der Waals surface area contributed by atoms with E-state index in [2.05, 4.69) is 10.3 Å². The van der Waals surface area contributed by atoms with Crippen LogP contribution in [0.25, 0.3) is 17.4 Å². The van der Waals surface area contributed by atoms with Crippen molar-refractivity contribution in [1.82, 2.24) is 5.32 Å². The number of nitrogens with one attached hydrogen (secondary N) is 1. The number of hydrogen-bond acceptors (Lipinski definition) is 5. The fraction of sp³-hybridized carbons (Fsp3) is 0.0476. The topological polar surface area (TPSA) is 74.8 Å². The number of thioether (sulfide) groups is 1. The molecule has 1 aliphatic rings. The van der Waals surface area contributed by atoms with E-state index in [1.807, 2.05) is 13.0 Å². The van der Waals surface area contributed by atoms with Gasteiger partial charge in [0.1, 0.15) is 23.0 Å². The number of halogens is 2. The Bertz CT molecular complexity index is 1160. The molecule has 1 aromatic heterocycles. The number of phenolic OH excluding ortho intramolecular Hbond substituents is 1. The highest BCUT2D eigenvalue weighted by atomic mass is 35.5. The summed E-state index contributed by atoms with van der Waals surface area (Å²) < 4.78 is 5.81. The summed E-state index contributed by atoms with van der Waals surface area (Å²) in [5.41, 5.74) is 1.90. The molecule has 4 rings (SSSR count). The molecule has 0 radical (unpaired) electrons. The molecule has 1 fully saturated rings. The highest BCUT2D eigenvalue weighted by Gasteiger charge is 2.25. The lowest BCUT2D eigenvalue weighted by atomic mass is 10.2. The molecule has 1 saturated heterocycles. The standard InChI is InChI=1S/C21H14Cl2N2O3S/c1-11-3-2-4-16(26)19(11)24-21-25-20(27)18(29-21)10-13-6-8-17(28-13)14-9-12(22)5-7-15(14)23/h2-10,26H,1H3,(H,24,25,27)/b18-10+. The Morgan fingerprint density at radius 2 is 2.00 bits per heavy atom. The Morgan fingerprint density at radius 3 is 2.79 bits per heavy atom. The second kappa shape index (κ2) is 7.99. The van der Waals surface area contributed by atoms with Crippen molar-refractivity contribution < 1.29 is 14.3 Å². The first-order chi connectivity index (χ1) is 13.9. The zero-order chi connectivity index (χ0) is 20.5. The maximum atomic E-state index is 12.3. The Morgan fingerprint density at radius 1 is 1.17 bits per heavy atom. The number of nitrogens with zero attached hydrogens (tertiary/aromatic N) is 1. The maximum absolute atomic E-state index is 12.3. The summed E-state index contributed by atoms with van der Waals surface area (Å²) in [4.78, 5) is 17.1. The minimum absolute atomic E-state index is 0.0545. The lowest BCUT2D eigenvalue weighted by molar-refractivity contribution is -0.115. The summed E-state index contributed by atoms with van der Waals surface area (Å²) in [5.74, 6) is 0.805. The number of para-hydroxylation sites is 1. The first kappa shape index (κ1) is 19.6. The summed E-state index contributed by atoms with van der Waals surface area (Å²) in [6.45, 7) is 1.84. The number of rotatable bonds is 3. The smallest absolute Gasteiger partial charge is 0.264 e. The number of hydrogen-bond donors (Lipinski definition) is 2. The second-order valence-electron chi connectivity index (χ2n) is 6.25. The summed E-state index contributed by atoms with van der Waals surface area (Å²) in [7, 11) is 0. The van der Waals surface area contributed by atoms with Gasteiger partial charge in [-0.3, -0.25) is 4.79 Å². The molecule has 29 heavy (non-hydrogen) atoms. The van der Waals surface area contributed by atoms with E-state index >= 15 is 0 Å². The van der Waals surface area contributed by atoms with Crippen molar-refractivity contribution in [3.8, 4) is 17.1 Å². The number of phenols is 1. The minimum Gasteiger partial charge on any atom is -0.506 e. The van der Waals surface area contributed by atoms with E-state index in [0.717, 1.165) is 5.56 Å². The van der Waals surface area contributed by atoms with Crippen LogP contribution in [0, 0.1) is 6.92 Å². The molecular formula is C21H14Cl2N2O3S. The van der Waals surface area contributed by atoms with Crippen molar-refractivity contribution in [1.29, 1.82) is 0 Å². The molecule has 1 amide bonds. The molecule has 2 aromatic carbocycles. The number of amides is 1. The van der Waals surface area contributed by atoms with Crippen LogP contribution in [0.2, 0.25) is 10.0 Å². The molecule has 0 unspecified atom stereocenters. The molecule has 0 aliphatic carbocycles. The van der Waals surface area contributed by atoms with E-state index in [1.54, 1.807) is 48.5 Å². The van der Waals surface area contributed by atoms with Crippen LogP contribution >= 0.6 is 35.0 Å². The molecule has 2 N–H and O–H groups in total. The van der Waals surface area contributed by atoms with Crippen molar-refractivity contribution in [2.75, 3.05) is 0 Å². The van der Waals surface area contributed by atoms with Gasteiger partial charge in [-0.1, -0.05) is 35.3 Å². The zero-order valence-corrected chi connectivity index (χ0v) is 17.4. The largest absolute Gasteiger partial charge is 0.506 e. The number of amidine groups is 1. The van der Waals surface area contributed by atoms with Crippen molar-refractivity contribution >= 4 is 57.8 Å². The third-order valence-electron chi connectivity index (χ3n) is 4.17. The van der Waals surface area contributed by atoms with Crippen LogP contribution in [0.4, 0.5) is 5.69 Å². The van der Waals surface area contributed by atoms with E-state index in [-0.39, 0.29) is 11.7 Å². The van der Waals surface area contributed by atoms with Crippen LogP contribution in [-0.2, 0) is 4.79 Å². The lowest BCUT2D eigenvalue weighted by Gasteiger charge is -2.03. The van der Waals surface area contributed by atoms with Crippen LogP contribution in [-0.4, -0.2) is 16.2 Å². The molecule has 0 bridgehead atoms. The van der Waals surface area contributed by atoms with Gasteiger partial charge in [-0.05, 0) is 60.6 Å². The number of aromatic hydroxyl groups is 1. The highest BCUT2D eigenvalue weighted by Crippen LogP contribution is 2.35. The van der Waals surface area contributed by atoms with Gasteiger partial charge in [0.15, 0.2) is 5.17 Å². The quantitative estimate of drug-likeness (QED) is 0.474. The third kappa shape index (κ3) is 4.19. The third-order valence-corrected chi connectivity index (χ3v) is 5.65. The number of aliphatic imine (C=N–C) groups is 1. The van der Waals surface area contributed by atoms with Crippen molar-refractivity contribution in [3.63, 3.8) is 0 Å². The van der Waals surface area contributed by atoms with Crippen molar-refractivity contribution in [2.24, 2.45) is 4.99 Å². The SMILES string of the molecule is Cc1cccc(O)c1N=C1NC(=O)/C(=C\c2ccc(-c3cc(Cl)ccc3Cl)o2)S1.